The van der Waals surface area contributed by atoms with Crippen LogP contribution in [-0.2, 0) is 13.1 Å². The molecule has 0 atom stereocenters. The first-order valence-corrected chi connectivity index (χ1v) is 12.0. The molecule has 1 fully saturated rings. The van der Waals surface area contributed by atoms with Crippen molar-refractivity contribution in [3.8, 4) is 17.2 Å². The van der Waals surface area contributed by atoms with E-state index in [-0.39, 0.29) is 6.61 Å². The van der Waals surface area contributed by atoms with Gasteiger partial charge in [-0.2, -0.15) is 0 Å². The minimum absolute atomic E-state index is 0.218. The Morgan fingerprint density at radius 2 is 1.85 bits per heavy atom. The summed E-state index contributed by atoms with van der Waals surface area (Å²) in [5.41, 5.74) is 0.264. The minimum atomic E-state index is -0.871. The summed E-state index contributed by atoms with van der Waals surface area (Å²) in [6, 6.07) is 11.1. The minimum Gasteiger partial charge on any atom is -0.493 e. The zero-order valence-corrected chi connectivity index (χ0v) is 20.6. The van der Waals surface area contributed by atoms with Crippen molar-refractivity contribution in [2.45, 2.75) is 31.5 Å². The standard InChI is InChI=1S/C25H29Cl2N3O4/c1-32-23-5-2-19(14-24(23)33-13-12-30-11-8-28-18-30)16-29-9-6-25(31,7-10-29)17-34-20-3-4-21(26)22(27)15-20/h2-5,8,11,14-15,18,31H,6-7,9-10,12-13,16-17H2,1H3. The van der Waals surface area contributed by atoms with Crippen LogP contribution >= 0.6 is 23.2 Å². The largest absolute Gasteiger partial charge is 0.493 e. The number of imidazole rings is 1. The molecule has 2 aromatic carbocycles. The Balaban J connectivity index is 1.28. The van der Waals surface area contributed by atoms with Crippen LogP contribution in [0, 0.1) is 0 Å². The molecule has 2 heterocycles. The van der Waals surface area contributed by atoms with Crippen LogP contribution in [0.1, 0.15) is 18.4 Å². The van der Waals surface area contributed by atoms with Gasteiger partial charge < -0.3 is 23.9 Å². The fourth-order valence-corrected chi connectivity index (χ4v) is 4.21. The number of halogens is 2. The fraction of sp³-hybridized carbons (Fsp3) is 0.400. The van der Waals surface area contributed by atoms with Gasteiger partial charge in [-0.15, -0.1) is 0 Å². The Kier molecular flexibility index (Phi) is 8.21. The third-order valence-electron chi connectivity index (χ3n) is 5.99. The smallest absolute Gasteiger partial charge is 0.161 e. The quantitative estimate of drug-likeness (QED) is 0.431. The lowest BCUT2D eigenvalue weighted by atomic mass is 9.92. The number of benzene rings is 2. The van der Waals surface area contributed by atoms with E-state index >= 15 is 0 Å². The second-order valence-corrected chi connectivity index (χ2v) is 9.31. The lowest BCUT2D eigenvalue weighted by Crippen LogP contribution is -2.47. The average molecular weight is 506 g/mol. The molecule has 182 valence electrons. The summed E-state index contributed by atoms with van der Waals surface area (Å²) in [6.07, 6.45) is 6.67. The van der Waals surface area contributed by atoms with Gasteiger partial charge in [0.2, 0.25) is 0 Å². The van der Waals surface area contributed by atoms with Gasteiger partial charge in [-0.25, -0.2) is 4.98 Å². The van der Waals surface area contributed by atoms with Crippen LogP contribution in [-0.4, -0.2) is 58.6 Å². The second kappa shape index (κ2) is 11.3. The predicted molar refractivity (Wildman–Crippen MR) is 132 cm³/mol. The maximum Gasteiger partial charge on any atom is 0.161 e. The number of aromatic nitrogens is 2. The molecule has 1 aliphatic rings. The number of methoxy groups -OCH3 is 1. The van der Waals surface area contributed by atoms with Gasteiger partial charge in [-0.05, 0) is 42.7 Å². The number of hydrogen-bond acceptors (Lipinski definition) is 6. The molecule has 1 N–H and O–H groups in total. The summed E-state index contributed by atoms with van der Waals surface area (Å²) in [5, 5.41) is 11.9. The monoisotopic (exact) mass is 505 g/mol. The molecule has 0 saturated carbocycles. The van der Waals surface area contributed by atoms with Crippen molar-refractivity contribution in [2.24, 2.45) is 0 Å². The molecule has 0 bridgehead atoms. The second-order valence-electron chi connectivity index (χ2n) is 8.50. The van der Waals surface area contributed by atoms with E-state index in [0.717, 1.165) is 30.9 Å². The Labute approximate surface area is 209 Å². The van der Waals surface area contributed by atoms with E-state index in [1.165, 1.54) is 0 Å². The van der Waals surface area contributed by atoms with Crippen LogP contribution in [0.5, 0.6) is 17.2 Å². The van der Waals surface area contributed by atoms with Gasteiger partial charge in [-0.1, -0.05) is 29.3 Å². The lowest BCUT2D eigenvalue weighted by molar-refractivity contribution is -0.0537. The normalized spacial score (nSPS) is 15.8. The zero-order valence-electron chi connectivity index (χ0n) is 19.1. The Bertz CT molecular complexity index is 1070. The van der Waals surface area contributed by atoms with Crippen molar-refractivity contribution in [1.29, 1.82) is 0 Å². The Morgan fingerprint density at radius 3 is 2.56 bits per heavy atom. The van der Waals surface area contributed by atoms with Gasteiger partial charge >= 0.3 is 0 Å². The van der Waals surface area contributed by atoms with Crippen LogP contribution in [0.25, 0.3) is 0 Å². The van der Waals surface area contributed by atoms with Crippen LogP contribution in [0.15, 0.2) is 55.1 Å². The van der Waals surface area contributed by atoms with Gasteiger partial charge in [0.1, 0.15) is 24.6 Å². The number of piperidine rings is 1. The number of nitrogens with zero attached hydrogens (tertiary/aromatic N) is 3. The summed E-state index contributed by atoms with van der Waals surface area (Å²) < 4.78 is 19.2. The molecule has 1 saturated heterocycles. The van der Waals surface area contributed by atoms with Crippen molar-refractivity contribution >= 4 is 23.2 Å². The van der Waals surface area contributed by atoms with Gasteiger partial charge in [-0.3, -0.25) is 4.90 Å². The van der Waals surface area contributed by atoms with Crippen molar-refractivity contribution in [1.82, 2.24) is 14.5 Å². The molecule has 7 nitrogen and oxygen atoms in total. The molecule has 0 aliphatic carbocycles. The van der Waals surface area contributed by atoms with Crippen LogP contribution in [0.4, 0.5) is 0 Å². The molecule has 3 aromatic rings. The Hall–Kier alpha value is -2.45. The average Bonchev–Trinajstić information content (AvgIpc) is 3.35. The molecule has 34 heavy (non-hydrogen) atoms. The van der Waals surface area contributed by atoms with E-state index in [1.54, 1.807) is 37.8 Å². The summed E-state index contributed by atoms with van der Waals surface area (Å²) in [7, 11) is 1.64. The van der Waals surface area contributed by atoms with Crippen LogP contribution in [0.3, 0.4) is 0 Å². The summed E-state index contributed by atoms with van der Waals surface area (Å²) >= 11 is 12.0. The molecule has 4 rings (SSSR count). The van der Waals surface area contributed by atoms with Gasteiger partial charge in [0.05, 0.1) is 30.0 Å². The van der Waals surface area contributed by atoms with E-state index in [9.17, 15) is 5.11 Å². The van der Waals surface area contributed by atoms with Crippen LogP contribution in [0.2, 0.25) is 10.0 Å². The highest BCUT2D eigenvalue weighted by Gasteiger charge is 2.33. The molecule has 0 amide bonds. The third kappa shape index (κ3) is 6.57. The summed E-state index contributed by atoms with van der Waals surface area (Å²) in [5.74, 6) is 2.04. The first-order valence-electron chi connectivity index (χ1n) is 11.2. The zero-order chi connectivity index (χ0) is 24.0. The molecular weight excluding hydrogens is 477 g/mol. The number of rotatable bonds is 10. The van der Waals surface area contributed by atoms with Gasteiger partial charge in [0.25, 0.3) is 0 Å². The number of likely N-dealkylation sites (tertiary alicyclic amines) is 1. The molecule has 9 heteroatoms. The van der Waals surface area contributed by atoms with E-state index in [4.69, 9.17) is 37.4 Å². The maximum atomic E-state index is 11.0. The first kappa shape index (κ1) is 24.7. The van der Waals surface area contributed by atoms with Crippen LogP contribution < -0.4 is 14.2 Å². The number of ether oxygens (including phenoxy) is 3. The van der Waals surface area contributed by atoms with E-state index in [1.807, 2.05) is 22.9 Å². The fourth-order valence-electron chi connectivity index (χ4n) is 3.93. The maximum absolute atomic E-state index is 11.0. The highest BCUT2D eigenvalue weighted by molar-refractivity contribution is 6.42. The molecule has 0 unspecified atom stereocenters. The molecular formula is C25H29Cl2N3O4. The molecule has 1 aromatic heterocycles. The van der Waals surface area contributed by atoms with Crippen molar-refractivity contribution in [2.75, 3.05) is 33.4 Å². The molecule has 0 radical (unpaired) electrons. The van der Waals surface area contributed by atoms with Gasteiger partial charge in [0, 0.05) is 38.1 Å². The topological polar surface area (TPSA) is 69.0 Å². The molecule has 1 aliphatic heterocycles. The predicted octanol–water partition coefficient (Wildman–Crippen LogP) is 4.68. The number of hydrogen-bond donors (Lipinski definition) is 1. The first-order chi connectivity index (χ1) is 16.4. The van der Waals surface area contributed by atoms with Gasteiger partial charge in [0.15, 0.2) is 11.5 Å². The van der Waals surface area contributed by atoms with E-state index in [2.05, 4.69) is 16.0 Å². The highest BCUT2D eigenvalue weighted by Crippen LogP contribution is 2.31. The summed E-state index contributed by atoms with van der Waals surface area (Å²) in [4.78, 5) is 6.37. The SMILES string of the molecule is COc1ccc(CN2CCC(O)(COc3ccc(Cl)c(Cl)c3)CC2)cc1OCCn1ccnc1. The summed E-state index contributed by atoms with van der Waals surface area (Å²) in [6.45, 7) is 3.75. The van der Waals surface area contributed by atoms with E-state index in [0.29, 0.717) is 47.5 Å². The van der Waals surface area contributed by atoms with Crippen molar-refractivity contribution < 1.29 is 19.3 Å². The number of aliphatic hydroxyl groups is 1. The third-order valence-corrected chi connectivity index (χ3v) is 6.72. The van der Waals surface area contributed by atoms with Crippen molar-refractivity contribution in [3.05, 3.63) is 70.7 Å². The lowest BCUT2D eigenvalue weighted by Gasteiger charge is -2.38. The Morgan fingerprint density at radius 1 is 1.03 bits per heavy atom. The van der Waals surface area contributed by atoms with E-state index < -0.39 is 5.60 Å². The molecule has 0 spiro atoms. The highest BCUT2D eigenvalue weighted by atomic mass is 35.5. The van der Waals surface area contributed by atoms with Crippen molar-refractivity contribution in [3.63, 3.8) is 0 Å².